The zero-order valence-electron chi connectivity index (χ0n) is 11.2. The monoisotopic (exact) mass is 251 g/mol. The van der Waals surface area contributed by atoms with Crippen LogP contribution in [0.3, 0.4) is 0 Å². The Morgan fingerprint density at radius 2 is 1.89 bits per heavy atom. The number of ether oxygens (including phenoxy) is 1. The fourth-order valence-corrected chi connectivity index (χ4v) is 2.35. The molecule has 3 rings (SSSR count). The van der Waals surface area contributed by atoms with Gasteiger partial charge in [0.1, 0.15) is 12.4 Å². The molecule has 19 heavy (non-hydrogen) atoms. The molecule has 0 aliphatic heterocycles. The van der Waals surface area contributed by atoms with Gasteiger partial charge in [0.25, 0.3) is 0 Å². The lowest BCUT2D eigenvalue weighted by Crippen LogP contribution is -1.94. The summed E-state index contributed by atoms with van der Waals surface area (Å²) in [5.41, 5.74) is 4.87. The highest BCUT2D eigenvalue weighted by molar-refractivity contribution is 5.85. The lowest BCUT2D eigenvalue weighted by molar-refractivity contribution is 0.307. The van der Waals surface area contributed by atoms with Crippen molar-refractivity contribution in [2.45, 2.75) is 20.5 Å². The van der Waals surface area contributed by atoms with Gasteiger partial charge < -0.3 is 9.72 Å². The fraction of sp³-hybridized carbons (Fsp3) is 0.176. The molecular weight excluding hydrogens is 234 g/mol. The van der Waals surface area contributed by atoms with Gasteiger partial charge in [0.05, 0.1) is 0 Å². The van der Waals surface area contributed by atoms with Crippen LogP contribution >= 0.6 is 0 Å². The Labute approximate surface area is 113 Å². The molecule has 0 amide bonds. The van der Waals surface area contributed by atoms with Crippen LogP contribution in [0.1, 0.15) is 16.7 Å². The molecule has 96 valence electrons. The minimum Gasteiger partial charge on any atom is -0.489 e. The number of fused-ring (bicyclic) bond motifs is 1. The number of benzene rings is 2. The normalized spacial score (nSPS) is 10.8. The van der Waals surface area contributed by atoms with Gasteiger partial charge in [-0.2, -0.15) is 0 Å². The number of aromatic amines is 1. The van der Waals surface area contributed by atoms with Gasteiger partial charge in [0, 0.05) is 22.7 Å². The maximum atomic E-state index is 5.86. The van der Waals surface area contributed by atoms with Crippen LogP contribution in [0.4, 0.5) is 0 Å². The van der Waals surface area contributed by atoms with Crippen molar-refractivity contribution in [3.05, 3.63) is 65.4 Å². The number of para-hydroxylation sites is 1. The molecule has 2 nitrogen and oxygen atoms in total. The number of hydrogen-bond acceptors (Lipinski definition) is 1. The third-order valence-corrected chi connectivity index (χ3v) is 3.39. The molecule has 0 aliphatic rings. The fourth-order valence-electron chi connectivity index (χ4n) is 2.35. The first-order valence-electron chi connectivity index (χ1n) is 6.49. The Morgan fingerprint density at radius 1 is 1.05 bits per heavy atom. The number of aromatic nitrogens is 1. The number of H-pyrrole nitrogens is 1. The van der Waals surface area contributed by atoms with E-state index in [1.807, 2.05) is 18.3 Å². The van der Waals surface area contributed by atoms with Crippen molar-refractivity contribution in [3.8, 4) is 5.75 Å². The third kappa shape index (κ3) is 2.34. The van der Waals surface area contributed by atoms with E-state index in [0.717, 1.165) is 5.75 Å². The maximum Gasteiger partial charge on any atom is 0.120 e. The van der Waals surface area contributed by atoms with Gasteiger partial charge in [-0.3, -0.25) is 0 Å². The molecule has 0 unspecified atom stereocenters. The topological polar surface area (TPSA) is 25.0 Å². The Kier molecular flexibility index (Phi) is 3.00. The Balaban J connectivity index is 1.84. The second-order valence-electron chi connectivity index (χ2n) is 4.92. The van der Waals surface area contributed by atoms with Gasteiger partial charge in [-0.05, 0) is 37.1 Å². The second kappa shape index (κ2) is 4.81. The van der Waals surface area contributed by atoms with Crippen molar-refractivity contribution in [2.75, 3.05) is 0 Å². The molecule has 0 saturated carbocycles. The number of nitrogens with one attached hydrogen (secondary N) is 1. The molecule has 0 radical (unpaired) electrons. The number of rotatable bonds is 3. The summed E-state index contributed by atoms with van der Waals surface area (Å²) in [4.78, 5) is 3.32. The lowest BCUT2D eigenvalue weighted by Gasteiger charge is -2.06. The molecule has 0 saturated heterocycles. The Morgan fingerprint density at radius 3 is 2.74 bits per heavy atom. The maximum absolute atomic E-state index is 5.86. The highest BCUT2D eigenvalue weighted by Gasteiger charge is 2.05. The van der Waals surface area contributed by atoms with E-state index in [-0.39, 0.29) is 0 Å². The van der Waals surface area contributed by atoms with Crippen molar-refractivity contribution in [3.63, 3.8) is 0 Å². The summed E-state index contributed by atoms with van der Waals surface area (Å²) in [6.07, 6.45) is 2.04. The van der Waals surface area contributed by atoms with Crippen molar-refractivity contribution in [2.24, 2.45) is 0 Å². The zero-order valence-corrected chi connectivity index (χ0v) is 11.2. The Hall–Kier alpha value is -2.22. The van der Waals surface area contributed by atoms with Crippen LogP contribution in [0, 0.1) is 13.8 Å². The van der Waals surface area contributed by atoms with Crippen LogP contribution in [-0.2, 0) is 6.61 Å². The van der Waals surface area contributed by atoms with E-state index < -0.39 is 0 Å². The van der Waals surface area contributed by atoms with Crippen molar-refractivity contribution in [1.82, 2.24) is 4.98 Å². The van der Waals surface area contributed by atoms with Gasteiger partial charge in [0.15, 0.2) is 0 Å². The predicted molar refractivity (Wildman–Crippen MR) is 78.5 cm³/mol. The molecule has 0 atom stereocenters. The van der Waals surface area contributed by atoms with Gasteiger partial charge in [-0.15, -0.1) is 0 Å². The smallest absolute Gasteiger partial charge is 0.120 e. The van der Waals surface area contributed by atoms with Gasteiger partial charge in [0.2, 0.25) is 0 Å². The number of hydrogen-bond donors (Lipinski definition) is 1. The third-order valence-electron chi connectivity index (χ3n) is 3.39. The summed E-state index contributed by atoms with van der Waals surface area (Å²) in [6.45, 7) is 4.78. The summed E-state index contributed by atoms with van der Waals surface area (Å²) in [7, 11) is 0. The quantitative estimate of drug-likeness (QED) is 0.735. The molecular formula is C17H17NO. The molecule has 1 aromatic heterocycles. The highest BCUT2D eigenvalue weighted by Crippen LogP contribution is 2.23. The van der Waals surface area contributed by atoms with Gasteiger partial charge in [-0.1, -0.05) is 30.3 Å². The first kappa shape index (κ1) is 11.8. The van der Waals surface area contributed by atoms with E-state index in [1.165, 1.54) is 27.6 Å². The second-order valence-corrected chi connectivity index (χ2v) is 4.92. The molecule has 3 aromatic rings. The van der Waals surface area contributed by atoms with E-state index in [9.17, 15) is 0 Å². The average Bonchev–Trinajstić information content (AvgIpc) is 2.81. The first-order valence-corrected chi connectivity index (χ1v) is 6.49. The largest absolute Gasteiger partial charge is 0.489 e. The van der Waals surface area contributed by atoms with E-state index in [0.29, 0.717) is 6.61 Å². The average molecular weight is 251 g/mol. The van der Waals surface area contributed by atoms with Crippen molar-refractivity contribution in [1.29, 1.82) is 0 Å². The van der Waals surface area contributed by atoms with Crippen molar-refractivity contribution >= 4 is 10.9 Å². The molecule has 0 bridgehead atoms. The first-order chi connectivity index (χ1) is 9.24. The van der Waals surface area contributed by atoms with E-state index in [2.05, 4.69) is 49.2 Å². The van der Waals surface area contributed by atoms with Crippen LogP contribution in [0.25, 0.3) is 10.9 Å². The summed E-state index contributed by atoms with van der Waals surface area (Å²) in [5, 5.41) is 1.24. The van der Waals surface area contributed by atoms with Crippen LogP contribution in [-0.4, -0.2) is 4.98 Å². The Bertz CT molecular complexity index is 712. The highest BCUT2D eigenvalue weighted by atomic mass is 16.5. The zero-order chi connectivity index (χ0) is 13.2. The van der Waals surface area contributed by atoms with Gasteiger partial charge >= 0.3 is 0 Å². The summed E-state index contributed by atoms with van der Waals surface area (Å²) in [5.74, 6) is 0.919. The molecule has 0 fully saturated rings. The van der Waals surface area contributed by atoms with E-state index in [4.69, 9.17) is 4.74 Å². The van der Waals surface area contributed by atoms with Crippen LogP contribution < -0.4 is 4.74 Å². The summed E-state index contributed by atoms with van der Waals surface area (Å²) < 4.78 is 5.86. The minimum absolute atomic E-state index is 0.590. The van der Waals surface area contributed by atoms with E-state index >= 15 is 0 Å². The van der Waals surface area contributed by atoms with Crippen LogP contribution in [0.15, 0.2) is 48.7 Å². The lowest BCUT2D eigenvalue weighted by atomic mass is 10.1. The molecule has 2 aromatic carbocycles. The van der Waals surface area contributed by atoms with E-state index in [1.54, 1.807) is 0 Å². The standard InChI is InChI=1S/C17H17NO/c1-12-5-3-7-15(9-12)19-11-14-10-18-17-13(2)6-4-8-16(14)17/h3-10,18H,11H2,1-2H3. The van der Waals surface area contributed by atoms with Crippen LogP contribution in [0.2, 0.25) is 0 Å². The SMILES string of the molecule is Cc1cccc(OCc2c[nH]c3c(C)cccc23)c1. The molecule has 2 heteroatoms. The number of aryl methyl sites for hydroxylation is 2. The molecule has 1 heterocycles. The van der Waals surface area contributed by atoms with Crippen molar-refractivity contribution < 1.29 is 4.74 Å². The molecule has 0 aliphatic carbocycles. The predicted octanol–water partition coefficient (Wildman–Crippen LogP) is 4.36. The molecule has 1 N–H and O–H groups in total. The minimum atomic E-state index is 0.590. The van der Waals surface area contributed by atoms with Crippen LogP contribution in [0.5, 0.6) is 5.75 Å². The molecule has 0 spiro atoms. The summed E-state index contributed by atoms with van der Waals surface area (Å²) in [6, 6.07) is 14.5. The summed E-state index contributed by atoms with van der Waals surface area (Å²) >= 11 is 0. The van der Waals surface area contributed by atoms with Gasteiger partial charge in [-0.25, -0.2) is 0 Å².